The highest BCUT2D eigenvalue weighted by molar-refractivity contribution is 5.11. The first-order chi connectivity index (χ1) is 4.29. The first-order valence-electron chi connectivity index (χ1n) is 3.97. The smallest absolute Gasteiger partial charge is 0.0199 e. The average molecular weight is 122 g/mol. The number of fused-ring (bicyclic) bond motifs is 2. The van der Waals surface area contributed by atoms with E-state index in [4.69, 9.17) is 0 Å². The SMILES string of the molecule is CC1C2C=C[C@@H](C2)C1C. The Bertz CT molecular complexity index is 130. The molecule has 4 atom stereocenters. The van der Waals surface area contributed by atoms with E-state index >= 15 is 0 Å². The third-order valence-electron chi connectivity index (χ3n) is 3.33. The zero-order chi connectivity index (χ0) is 6.43. The Kier molecular flexibility index (Phi) is 0.992. The van der Waals surface area contributed by atoms with Gasteiger partial charge < -0.3 is 0 Å². The molecule has 0 saturated heterocycles. The van der Waals surface area contributed by atoms with Crippen LogP contribution in [0.25, 0.3) is 0 Å². The van der Waals surface area contributed by atoms with Crippen molar-refractivity contribution < 1.29 is 0 Å². The van der Waals surface area contributed by atoms with Crippen molar-refractivity contribution >= 4 is 0 Å². The van der Waals surface area contributed by atoms with Crippen molar-refractivity contribution in [2.45, 2.75) is 20.3 Å². The minimum Gasteiger partial charge on any atom is -0.0848 e. The molecule has 0 aliphatic heterocycles. The minimum atomic E-state index is 0.935. The molecule has 0 amide bonds. The Morgan fingerprint density at radius 3 is 1.67 bits per heavy atom. The first kappa shape index (κ1) is 5.52. The van der Waals surface area contributed by atoms with Crippen molar-refractivity contribution in [3.63, 3.8) is 0 Å². The maximum atomic E-state index is 2.41. The number of hydrogen-bond acceptors (Lipinski definition) is 0. The van der Waals surface area contributed by atoms with Gasteiger partial charge >= 0.3 is 0 Å². The van der Waals surface area contributed by atoms with Crippen molar-refractivity contribution in [2.75, 3.05) is 0 Å². The summed E-state index contributed by atoms with van der Waals surface area (Å²) in [5.74, 6) is 3.79. The topological polar surface area (TPSA) is 0 Å². The molecule has 0 heterocycles. The Hall–Kier alpha value is -0.260. The Labute approximate surface area is 57.0 Å². The molecule has 2 rings (SSSR count). The highest BCUT2D eigenvalue weighted by atomic mass is 14.4. The van der Waals surface area contributed by atoms with Crippen LogP contribution in [0.4, 0.5) is 0 Å². The zero-order valence-corrected chi connectivity index (χ0v) is 6.17. The number of allylic oxidation sites excluding steroid dienone is 2. The third kappa shape index (κ3) is 0.593. The highest BCUT2D eigenvalue weighted by Gasteiger charge is 2.38. The van der Waals surface area contributed by atoms with Crippen LogP contribution in [0.1, 0.15) is 20.3 Å². The van der Waals surface area contributed by atoms with Gasteiger partial charge in [0.25, 0.3) is 0 Å². The fourth-order valence-corrected chi connectivity index (χ4v) is 2.32. The highest BCUT2D eigenvalue weighted by Crippen LogP contribution is 2.47. The van der Waals surface area contributed by atoms with Gasteiger partial charge in [-0.05, 0) is 30.1 Å². The van der Waals surface area contributed by atoms with Crippen LogP contribution in [0.3, 0.4) is 0 Å². The average Bonchev–Trinajstić information content (AvgIpc) is 2.37. The van der Waals surface area contributed by atoms with Crippen LogP contribution < -0.4 is 0 Å². The van der Waals surface area contributed by atoms with Crippen LogP contribution in [-0.2, 0) is 0 Å². The van der Waals surface area contributed by atoms with E-state index in [1.54, 1.807) is 0 Å². The molecular formula is C9H14. The van der Waals surface area contributed by atoms with Crippen LogP contribution >= 0.6 is 0 Å². The largest absolute Gasteiger partial charge is 0.0848 e. The van der Waals surface area contributed by atoms with Gasteiger partial charge in [0.2, 0.25) is 0 Å². The van der Waals surface area contributed by atoms with Crippen LogP contribution in [0.2, 0.25) is 0 Å². The van der Waals surface area contributed by atoms with E-state index in [2.05, 4.69) is 26.0 Å². The zero-order valence-electron chi connectivity index (χ0n) is 6.17. The molecule has 0 N–H and O–H groups in total. The van der Waals surface area contributed by atoms with Gasteiger partial charge in [-0.1, -0.05) is 26.0 Å². The lowest BCUT2D eigenvalue weighted by Gasteiger charge is -2.19. The van der Waals surface area contributed by atoms with E-state index in [-0.39, 0.29) is 0 Å². The molecule has 9 heavy (non-hydrogen) atoms. The van der Waals surface area contributed by atoms with Gasteiger partial charge in [-0.25, -0.2) is 0 Å². The summed E-state index contributed by atoms with van der Waals surface area (Å²) >= 11 is 0. The van der Waals surface area contributed by atoms with E-state index in [0.717, 1.165) is 23.7 Å². The molecule has 50 valence electrons. The number of rotatable bonds is 0. The van der Waals surface area contributed by atoms with E-state index in [0.29, 0.717) is 0 Å². The fraction of sp³-hybridized carbons (Fsp3) is 0.778. The minimum absolute atomic E-state index is 0.935. The van der Waals surface area contributed by atoms with E-state index in [1.807, 2.05) is 0 Å². The van der Waals surface area contributed by atoms with Gasteiger partial charge in [0.05, 0.1) is 0 Å². The molecule has 0 heteroatoms. The second-order valence-corrected chi connectivity index (χ2v) is 3.67. The lowest BCUT2D eigenvalue weighted by atomic mass is 9.86. The molecular weight excluding hydrogens is 108 g/mol. The Morgan fingerprint density at radius 2 is 1.44 bits per heavy atom. The van der Waals surface area contributed by atoms with Gasteiger partial charge in [-0.15, -0.1) is 0 Å². The maximum absolute atomic E-state index is 2.41. The summed E-state index contributed by atoms with van der Waals surface area (Å²) in [7, 11) is 0. The van der Waals surface area contributed by atoms with E-state index in [1.165, 1.54) is 6.42 Å². The van der Waals surface area contributed by atoms with Crippen molar-refractivity contribution in [2.24, 2.45) is 23.7 Å². The van der Waals surface area contributed by atoms with Gasteiger partial charge in [-0.2, -0.15) is 0 Å². The van der Waals surface area contributed by atoms with Crippen molar-refractivity contribution in [1.29, 1.82) is 0 Å². The Balaban J connectivity index is 2.26. The van der Waals surface area contributed by atoms with Gasteiger partial charge in [0.15, 0.2) is 0 Å². The monoisotopic (exact) mass is 122 g/mol. The standard InChI is InChI=1S/C9H14/c1-6-7(2)9-4-3-8(6)5-9/h3-4,6-9H,5H2,1-2H3/t6?,7?,8-,9?/m0/s1. The summed E-state index contributed by atoms with van der Waals surface area (Å²) in [6.07, 6.45) is 6.27. The third-order valence-corrected chi connectivity index (χ3v) is 3.33. The second-order valence-electron chi connectivity index (χ2n) is 3.67. The molecule has 2 aliphatic carbocycles. The molecule has 0 aromatic carbocycles. The molecule has 0 aromatic heterocycles. The molecule has 2 aliphatic rings. The quantitative estimate of drug-likeness (QED) is 0.433. The molecule has 3 unspecified atom stereocenters. The van der Waals surface area contributed by atoms with Crippen molar-refractivity contribution in [3.8, 4) is 0 Å². The molecule has 0 spiro atoms. The normalized spacial score (nSPS) is 54.9. The van der Waals surface area contributed by atoms with Crippen molar-refractivity contribution in [1.82, 2.24) is 0 Å². The first-order valence-corrected chi connectivity index (χ1v) is 3.97. The summed E-state index contributed by atoms with van der Waals surface area (Å²) in [6.45, 7) is 4.78. The van der Waals surface area contributed by atoms with Gasteiger partial charge in [-0.3, -0.25) is 0 Å². The molecule has 1 saturated carbocycles. The predicted octanol–water partition coefficient (Wildman–Crippen LogP) is 2.46. The van der Waals surface area contributed by atoms with Gasteiger partial charge in [0.1, 0.15) is 0 Å². The molecule has 1 fully saturated rings. The van der Waals surface area contributed by atoms with Gasteiger partial charge in [0, 0.05) is 0 Å². The van der Waals surface area contributed by atoms with E-state index in [9.17, 15) is 0 Å². The molecule has 2 bridgehead atoms. The Morgan fingerprint density at radius 1 is 1.00 bits per heavy atom. The molecule has 0 nitrogen and oxygen atoms in total. The van der Waals surface area contributed by atoms with Crippen LogP contribution in [0, 0.1) is 23.7 Å². The van der Waals surface area contributed by atoms with Crippen LogP contribution in [0.5, 0.6) is 0 Å². The molecule has 0 aromatic rings. The predicted molar refractivity (Wildman–Crippen MR) is 39.1 cm³/mol. The second kappa shape index (κ2) is 1.62. The van der Waals surface area contributed by atoms with E-state index < -0.39 is 0 Å². The maximum Gasteiger partial charge on any atom is -0.0199 e. The summed E-state index contributed by atoms with van der Waals surface area (Å²) in [5.41, 5.74) is 0. The summed E-state index contributed by atoms with van der Waals surface area (Å²) in [4.78, 5) is 0. The summed E-state index contributed by atoms with van der Waals surface area (Å²) in [5, 5.41) is 0. The molecule has 0 radical (unpaired) electrons. The van der Waals surface area contributed by atoms with Crippen LogP contribution in [0.15, 0.2) is 12.2 Å². The summed E-state index contributed by atoms with van der Waals surface area (Å²) < 4.78 is 0. The number of hydrogen-bond donors (Lipinski definition) is 0. The lowest BCUT2D eigenvalue weighted by Crippen LogP contribution is -2.12. The van der Waals surface area contributed by atoms with Crippen molar-refractivity contribution in [3.05, 3.63) is 12.2 Å². The fourth-order valence-electron chi connectivity index (χ4n) is 2.32. The lowest BCUT2D eigenvalue weighted by molar-refractivity contribution is 0.364. The van der Waals surface area contributed by atoms with Crippen LogP contribution in [-0.4, -0.2) is 0 Å². The summed E-state index contributed by atoms with van der Waals surface area (Å²) in [6, 6.07) is 0.